The van der Waals surface area contributed by atoms with Gasteiger partial charge in [-0.15, -0.1) is 0 Å². The zero-order chi connectivity index (χ0) is 20.0. The third-order valence-electron chi connectivity index (χ3n) is 7.52. The van der Waals surface area contributed by atoms with Crippen LogP contribution >= 0.6 is 0 Å². The van der Waals surface area contributed by atoms with E-state index in [1.165, 1.54) is 42.4 Å². The second-order valence-electron chi connectivity index (χ2n) is 9.35. The van der Waals surface area contributed by atoms with Gasteiger partial charge in [0.1, 0.15) is 11.4 Å². The summed E-state index contributed by atoms with van der Waals surface area (Å²) in [5, 5.41) is 11.8. The van der Waals surface area contributed by atoms with Crippen molar-refractivity contribution in [2.45, 2.75) is 57.6 Å². The third-order valence-corrected chi connectivity index (χ3v) is 7.52. The predicted molar refractivity (Wildman–Crippen MR) is 114 cm³/mol. The lowest BCUT2D eigenvalue weighted by Gasteiger charge is -2.52. The Morgan fingerprint density at radius 1 is 1.10 bits per heavy atom. The molecule has 2 aromatic rings. The van der Waals surface area contributed by atoms with Crippen molar-refractivity contribution in [1.82, 2.24) is 9.88 Å². The molecule has 2 atom stereocenters. The molecule has 2 unspecified atom stereocenters. The Morgan fingerprint density at radius 2 is 1.83 bits per heavy atom. The Hall–Kier alpha value is -1.91. The molecule has 1 saturated heterocycles. The van der Waals surface area contributed by atoms with E-state index in [1.807, 2.05) is 19.2 Å². The van der Waals surface area contributed by atoms with Crippen molar-refractivity contribution in [2.75, 3.05) is 20.2 Å². The Kier molecular flexibility index (Phi) is 4.87. The van der Waals surface area contributed by atoms with Crippen LogP contribution in [0.3, 0.4) is 0 Å². The Morgan fingerprint density at radius 3 is 2.48 bits per heavy atom. The van der Waals surface area contributed by atoms with Crippen molar-refractivity contribution in [3.8, 4) is 5.75 Å². The molecule has 0 radical (unpaired) electrons. The van der Waals surface area contributed by atoms with Crippen LogP contribution in [0.25, 0.3) is 0 Å². The monoisotopic (exact) mass is 392 g/mol. The number of benzene rings is 1. The molecule has 154 valence electrons. The maximum Gasteiger partial charge on any atom is 0.123 e. The number of likely N-dealkylation sites (tertiary alicyclic amines) is 1. The maximum atomic E-state index is 11.8. The van der Waals surface area contributed by atoms with Gasteiger partial charge >= 0.3 is 0 Å². The van der Waals surface area contributed by atoms with Crippen molar-refractivity contribution >= 4 is 0 Å². The van der Waals surface area contributed by atoms with Crippen LogP contribution in [0.4, 0.5) is 0 Å². The predicted octanol–water partition coefficient (Wildman–Crippen LogP) is 4.01. The van der Waals surface area contributed by atoms with Gasteiger partial charge in [-0.25, -0.2) is 0 Å². The van der Waals surface area contributed by atoms with Gasteiger partial charge in [0, 0.05) is 43.2 Å². The van der Waals surface area contributed by atoms with Gasteiger partial charge in [0.15, 0.2) is 0 Å². The summed E-state index contributed by atoms with van der Waals surface area (Å²) in [6, 6.07) is 8.76. The first kappa shape index (κ1) is 19.1. The minimum Gasteiger partial charge on any atom is -0.496 e. The molecule has 3 aliphatic rings. The second kappa shape index (κ2) is 7.41. The number of ether oxygens (including phenoxy) is 1. The first-order valence-corrected chi connectivity index (χ1v) is 11.1. The summed E-state index contributed by atoms with van der Waals surface area (Å²) in [4.78, 5) is 7.18. The Balaban J connectivity index is 1.40. The smallest absolute Gasteiger partial charge is 0.123 e. The summed E-state index contributed by atoms with van der Waals surface area (Å²) in [6.07, 6.45) is 8.87. The molecule has 1 N–H and O–H groups in total. The van der Waals surface area contributed by atoms with Crippen molar-refractivity contribution in [3.05, 3.63) is 58.4 Å². The van der Waals surface area contributed by atoms with Crippen LogP contribution in [0.5, 0.6) is 5.75 Å². The molecule has 29 heavy (non-hydrogen) atoms. The van der Waals surface area contributed by atoms with Gasteiger partial charge in [0.2, 0.25) is 0 Å². The average molecular weight is 393 g/mol. The summed E-state index contributed by atoms with van der Waals surface area (Å²) < 4.78 is 5.74. The summed E-state index contributed by atoms with van der Waals surface area (Å²) in [6.45, 7) is 4.79. The molecule has 0 amide bonds. The highest BCUT2D eigenvalue weighted by Gasteiger charge is 2.52. The zero-order valence-corrected chi connectivity index (χ0v) is 17.7. The van der Waals surface area contributed by atoms with E-state index in [2.05, 4.69) is 28.1 Å². The van der Waals surface area contributed by atoms with Gasteiger partial charge in [-0.05, 0) is 67.9 Å². The van der Waals surface area contributed by atoms with Crippen LogP contribution < -0.4 is 4.74 Å². The van der Waals surface area contributed by atoms with Crippen LogP contribution in [-0.2, 0) is 25.0 Å². The molecular weight excluding hydrogens is 360 g/mol. The normalized spacial score (nSPS) is 28.9. The summed E-state index contributed by atoms with van der Waals surface area (Å²) >= 11 is 0. The molecule has 2 bridgehead atoms. The Bertz CT molecular complexity index is 878. The fourth-order valence-electron chi connectivity index (χ4n) is 6.00. The molecule has 2 heterocycles. The lowest BCUT2D eigenvalue weighted by atomic mass is 9.64. The SMILES string of the molecule is COc1cc2c(cc1CN1CC3CCCC(C1)C3(O)c1ccc(C)cn1)CCC2. The number of nitrogens with zero attached hydrogens (tertiary/aromatic N) is 2. The molecule has 4 nitrogen and oxygen atoms in total. The standard InChI is InChI=1S/C25H32N2O2/c1-17-9-10-24(26-13-17)25(28)21-7-4-8-22(25)16-27(15-21)14-20-11-18-5-3-6-19(18)12-23(20)29-2/h9-13,21-22,28H,3-8,14-16H2,1-2H3. The molecule has 2 aliphatic carbocycles. The van der Waals surface area contributed by atoms with Crippen LogP contribution in [-0.4, -0.2) is 35.2 Å². The van der Waals surface area contributed by atoms with E-state index in [9.17, 15) is 5.11 Å². The molecule has 1 aromatic carbocycles. The zero-order valence-electron chi connectivity index (χ0n) is 17.7. The van der Waals surface area contributed by atoms with Crippen molar-refractivity contribution in [3.63, 3.8) is 0 Å². The third kappa shape index (κ3) is 3.27. The van der Waals surface area contributed by atoms with E-state index in [0.717, 1.165) is 49.5 Å². The number of hydrogen-bond acceptors (Lipinski definition) is 4. The van der Waals surface area contributed by atoms with Crippen molar-refractivity contribution in [1.29, 1.82) is 0 Å². The van der Waals surface area contributed by atoms with E-state index in [-0.39, 0.29) is 11.8 Å². The summed E-state index contributed by atoms with van der Waals surface area (Å²) in [5.74, 6) is 1.51. The average Bonchev–Trinajstić information content (AvgIpc) is 3.16. The largest absolute Gasteiger partial charge is 0.496 e. The first-order chi connectivity index (χ1) is 14.1. The van der Waals surface area contributed by atoms with Crippen LogP contribution in [0.1, 0.15) is 53.6 Å². The van der Waals surface area contributed by atoms with E-state index < -0.39 is 5.60 Å². The number of aryl methyl sites for hydroxylation is 3. The Labute approximate surface area is 173 Å². The van der Waals surface area contributed by atoms with Crippen LogP contribution in [0, 0.1) is 18.8 Å². The molecule has 0 spiro atoms. The van der Waals surface area contributed by atoms with Gasteiger partial charge in [-0.1, -0.05) is 18.6 Å². The van der Waals surface area contributed by atoms with E-state index >= 15 is 0 Å². The quantitative estimate of drug-likeness (QED) is 0.854. The highest BCUT2D eigenvalue weighted by molar-refractivity contribution is 5.45. The number of aromatic nitrogens is 1. The summed E-state index contributed by atoms with van der Waals surface area (Å²) in [7, 11) is 1.78. The molecule has 2 fully saturated rings. The lowest BCUT2D eigenvalue weighted by Crippen LogP contribution is -2.58. The molecule has 1 aliphatic heterocycles. The number of piperidine rings is 1. The van der Waals surface area contributed by atoms with Crippen LogP contribution in [0.2, 0.25) is 0 Å². The number of hydrogen-bond donors (Lipinski definition) is 1. The van der Waals surface area contributed by atoms with E-state index in [1.54, 1.807) is 7.11 Å². The highest BCUT2D eigenvalue weighted by Crippen LogP contribution is 2.49. The van der Waals surface area contributed by atoms with Gasteiger partial charge < -0.3 is 9.84 Å². The second-order valence-corrected chi connectivity index (χ2v) is 9.35. The van der Waals surface area contributed by atoms with Gasteiger partial charge in [0.25, 0.3) is 0 Å². The number of aliphatic hydroxyl groups is 1. The maximum absolute atomic E-state index is 11.8. The molecule has 5 rings (SSSR count). The van der Waals surface area contributed by atoms with Crippen molar-refractivity contribution in [2.24, 2.45) is 11.8 Å². The topological polar surface area (TPSA) is 45.6 Å². The van der Waals surface area contributed by atoms with E-state index in [4.69, 9.17) is 4.74 Å². The lowest BCUT2D eigenvalue weighted by molar-refractivity contribution is -0.151. The molecular formula is C25H32N2O2. The summed E-state index contributed by atoms with van der Waals surface area (Å²) in [5.41, 5.74) is 5.48. The molecule has 1 aromatic heterocycles. The highest BCUT2D eigenvalue weighted by atomic mass is 16.5. The van der Waals surface area contributed by atoms with Gasteiger partial charge in [0.05, 0.1) is 12.8 Å². The number of methoxy groups -OCH3 is 1. The number of rotatable bonds is 4. The van der Waals surface area contributed by atoms with Gasteiger partial charge in [-0.3, -0.25) is 9.88 Å². The number of fused-ring (bicyclic) bond motifs is 3. The molecule has 4 heteroatoms. The fraction of sp³-hybridized carbons (Fsp3) is 0.560. The van der Waals surface area contributed by atoms with Gasteiger partial charge in [-0.2, -0.15) is 0 Å². The minimum absolute atomic E-state index is 0.241. The minimum atomic E-state index is -0.787. The fourth-order valence-corrected chi connectivity index (χ4v) is 6.00. The first-order valence-electron chi connectivity index (χ1n) is 11.1. The van der Waals surface area contributed by atoms with E-state index in [0.29, 0.717) is 0 Å². The van der Waals surface area contributed by atoms with Crippen LogP contribution in [0.15, 0.2) is 30.5 Å². The molecule has 1 saturated carbocycles. The number of pyridine rings is 1. The van der Waals surface area contributed by atoms with Crippen molar-refractivity contribution < 1.29 is 9.84 Å².